The van der Waals surface area contributed by atoms with Crippen molar-refractivity contribution < 1.29 is 9.53 Å². The average Bonchev–Trinajstić information content (AvgIpc) is 2.94. The molecule has 0 spiro atoms. The zero-order valence-electron chi connectivity index (χ0n) is 12.5. The molecule has 3 heterocycles. The van der Waals surface area contributed by atoms with Crippen LogP contribution < -0.4 is 0 Å². The lowest BCUT2D eigenvalue weighted by atomic mass is 10.1. The molecule has 0 aromatic carbocycles. The maximum atomic E-state index is 12.3. The van der Waals surface area contributed by atoms with Crippen LogP contribution in [0.4, 0.5) is 0 Å². The highest BCUT2D eigenvalue weighted by Gasteiger charge is 2.23. The number of hydrogen-bond donors (Lipinski definition) is 0. The predicted octanol–water partition coefficient (Wildman–Crippen LogP) is 2.53. The van der Waals surface area contributed by atoms with Crippen molar-refractivity contribution in [3.05, 3.63) is 48.0 Å². The molecule has 0 radical (unpaired) electrons. The van der Waals surface area contributed by atoms with E-state index in [9.17, 15) is 4.79 Å². The minimum Gasteiger partial charge on any atom is -0.462 e. The van der Waals surface area contributed by atoms with Crippen molar-refractivity contribution in [1.82, 2.24) is 19.6 Å². The fraction of sp³-hybridized carbons (Fsp3) is 0.250. The Morgan fingerprint density at radius 3 is 2.82 bits per heavy atom. The van der Waals surface area contributed by atoms with Crippen LogP contribution in [0.15, 0.2) is 36.8 Å². The molecule has 3 aromatic rings. The molecule has 0 aliphatic heterocycles. The van der Waals surface area contributed by atoms with E-state index in [-0.39, 0.29) is 0 Å². The summed E-state index contributed by atoms with van der Waals surface area (Å²) in [5.74, 6) is -0.425. The molecular weight excluding hydrogens is 280 g/mol. The summed E-state index contributed by atoms with van der Waals surface area (Å²) in [6.45, 7) is 4.12. The van der Waals surface area contributed by atoms with Gasteiger partial charge in [0.25, 0.3) is 0 Å². The smallest absolute Gasteiger partial charge is 0.344 e. The van der Waals surface area contributed by atoms with Crippen LogP contribution in [0.1, 0.15) is 29.9 Å². The molecule has 22 heavy (non-hydrogen) atoms. The lowest BCUT2D eigenvalue weighted by Gasteiger charge is -2.03. The van der Waals surface area contributed by atoms with Crippen molar-refractivity contribution in [3.63, 3.8) is 0 Å². The van der Waals surface area contributed by atoms with Gasteiger partial charge in [0.1, 0.15) is 11.3 Å². The second kappa shape index (κ2) is 5.93. The number of pyridine rings is 1. The number of nitrogens with zero attached hydrogens (tertiary/aromatic N) is 4. The first-order valence-corrected chi connectivity index (χ1v) is 7.20. The van der Waals surface area contributed by atoms with Gasteiger partial charge >= 0.3 is 5.97 Å². The van der Waals surface area contributed by atoms with E-state index >= 15 is 0 Å². The fourth-order valence-corrected chi connectivity index (χ4v) is 2.25. The Morgan fingerprint density at radius 2 is 2.14 bits per heavy atom. The standard InChI is InChI=1S/C16H16N4O2/c1-3-12-7-6-11(10-18-12)14-13(16(21)22-4-2)15-17-8-5-9-20(15)19-14/h5-10H,3-4H2,1-2H3. The Balaban J connectivity index is 2.18. The number of rotatable bonds is 4. The van der Waals surface area contributed by atoms with E-state index in [1.165, 1.54) is 0 Å². The van der Waals surface area contributed by atoms with E-state index < -0.39 is 5.97 Å². The van der Waals surface area contributed by atoms with Gasteiger partial charge in [-0.25, -0.2) is 14.3 Å². The summed E-state index contributed by atoms with van der Waals surface area (Å²) in [5, 5.41) is 4.46. The molecule has 3 rings (SSSR count). The predicted molar refractivity (Wildman–Crippen MR) is 81.6 cm³/mol. The van der Waals surface area contributed by atoms with E-state index in [0.29, 0.717) is 23.5 Å². The van der Waals surface area contributed by atoms with Crippen molar-refractivity contribution in [2.45, 2.75) is 20.3 Å². The minimum absolute atomic E-state index is 0.301. The van der Waals surface area contributed by atoms with Crippen LogP contribution in [-0.4, -0.2) is 32.2 Å². The molecule has 6 heteroatoms. The molecule has 3 aromatic heterocycles. The molecule has 0 aliphatic carbocycles. The number of carbonyl (C=O) groups excluding carboxylic acids is 1. The van der Waals surface area contributed by atoms with Crippen LogP contribution in [0, 0.1) is 0 Å². The normalized spacial score (nSPS) is 10.8. The third-order valence-electron chi connectivity index (χ3n) is 3.34. The topological polar surface area (TPSA) is 69.4 Å². The van der Waals surface area contributed by atoms with Gasteiger partial charge in [0.2, 0.25) is 0 Å². The molecule has 0 atom stereocenters. The van der Waals surface area contributed by atoms with E-state index in [4.69, 9.17) is 4.74 Å². The lowest BCUT2D eigenvalue weighted by Crippen LogP contribution is -2.06. The molecule has 0 bridgehead atoms. The van der Waals surface area contributed by atoms with Crippen LogP contribution in [0.3, 0.4) is 0 Å². The van der Waals surface area contributed by atoms with E-state index in [0.717, 1.165) is 17.7 Å². The highest BCUT2D eigenvalue weighted by atomic mass is 16.5. The molecular formula is C16H16N4O2. The maximum Gasteiger partial charge on any atom is 0.344 e. The zero-order chi connectivity index (χ0) is 15.5. The molecule has 0 saturated carbocycles. The zero-order valence-corrected chi connectivity index (χ0v) is 12.5. The molecule has 0 amide bonds. The summed E-state index contributed by atoms with van der Waals surface area (Å²) in [4.78, 5) is 20.9. The minimum atomic E-state index is -0.425. The molecule has 0 saturated heterocycles. The number of aromatic nitrogens is 4. The van der Waals surface area contributed by atoms with Crippen molar-refractivity contribution in [2.24, 2.45) is 0 Å². The molecule has 112 valence electrons. The van der Waals surface area contributed by atoms with Gasteiger partial charge in [-0.05, 0) is 31.5 Å². The van der Waals surface area contributed by atoms with Crippen LogP contribution >= 0.6 is 0 Å². The number of carbonyl (C=O) groups is 1. The van der Waals surface area contributed by atoms with Gasteiger partial charge in [0.05, 0.1) is 6.61 Å². The van der Waals surface area contributed by atoms with Crippen LogP contribution in [0.25, 0.3) is 16.9 Å². The number of hydrogen-bond acceptors (Lipinski definition) is 5. The summed E-state index contributed by atoms with van der Waals surface area (Å²) in [6.07, 6.45) is 5.96. The van der Waals surface area contributed by atoms with Crippen LogP contribution in [0.5, 0.6) is 0 Å². The van der Waals surface area contributed by atoms with Crippen LogP contribution in [-0.2, 0) is 11.2 Å². The van der Waals surface area contributed by atoms with Gasteiger partial charge in [-0.15, -0.1) is 0 Å². The quantitative estimate of drug-likeness (QED) is 0.692. The first-order chi connectivity index (χ1) is 10.7. The first-order valence-electron chi connectivity index (χ1n) is 7.20. The SMILES string of the molecule is CCOC(=O)c1c(-c2ccc(CC)nc2)nn2cccnc12. The van der Waals surface area contributed by atoms with Crippen molar-refractivity contribution >= 4 is 11.6 Å². The Morgan fingerprint density at radius 1 is 1.27 bits per heavy atom. The van der Waals surface area contributed by atoms with E-state index in [2.05, 4.69) is 15.1 Å². The Hall–Kier alpha value is -2.76. The number of fused-ring (bicyclic) bond motifs is 1. The second-order valence-electron chi connectivity index (χ2n) is 4.72. The van der Waals surface area contributed by atoms with Gasteiger partial charge < -0.3 is 4.74 Å². The summed E-state index contributed by atoms with van der Waals surface area (Å²) in [7, 11) is 0. The maximum absolute atomic E-state index is 12.3. The van der Waals surface area contributed by atoms with Gasteiger partial charge in [0, 0.05) is 29.8 Å². The Kier molecular flexibility index (Phi) is 3.82. The molecule has 0 aliphatic rings. The summed E-state index contributed by atoms with van der Waals surface area (Å²) in [5.41, 5.74) is 3.14. The van der Waals surface area contributed by atoms with Crippen molar-refractivity contribution in [1.29, 1.82) is 0 Å². The summed E-state index contributed by atoms with van der Waals surface area (Å²) in [6, 6.07) is 5.61. The highest BCUT2D eigenvalue weighted by Crippen LogP contribution is 2.25. The summed E-state index contributed by atoms with van der Waals surface area (Å²) < 4.78 is 6.73. The average molecular weight is 296 g/mol. The van der Waals surface area contributed by atoms with E-state index in [1.807, 2.05) is 19.1 Å². The van der Waals surface area contributed by atoms with E-state index in [1.54, 1.807) is 36.1 Å². The summed E-state index contributed by atoms with van der Waals surface area (Å²) >= 11 is 0. The van der Waals surface area contributed by atoms with Gasteiger partial charge in [0.15, 0.2) is 5.65 Å². The monoisotopic (exact) mass is 296 g/mol. The third-order valence-corrected chi connectivity index (χ3v) is 3.34. The van der Waals surface area contributed by atoms with Crippen LogP contribution in [0.2, 0.25) is 0 Å². The van der Waals surface area contributed by atoms with Crippen molar-refractivity contribution in [3.8, 4) is 11.3 Å². The molecule has 6 nitrogen and oxygen atoms in total. The lowest BCUT2D eigenvalue weighted by molar-refractivity contribution is 0.0529. The molecule has 0 N–H and O–H groups in total. The second-order valence-corrected chi connectivity index (χ2v) is 4.72. The number of ether oxygens (including phenoxy) is 1. The number of esters is 1. The fourth-order valence-electron chi connectivity index (χ4n) is 2.25. The first kappa shape index (κ1) is 14.2. The van der Waals surface area contributed by atoms with Gasteiger partial charge in [-0.1, -0.05) is 6.92 Å². The van der Waals surface area contributed by atoms with Crippen molar-refractivity contribution in [2.75, 3.05) is 6.61 Å². The number of aryl methyl sites for hydroxylation is 1. The third kappa shape index (κ3) is 2.43. The molecule has 0 unspecified atom stereocenters. The molecule has 0 fully saturated rings. The Bertz CT molecular complexity index is 809. The highest BCUT2D eigenvalue weighted by molar-refractivity contribution is 6.02. The largest absolute Gasteiger partial charge is 0.462 e. The van der Waals surface area contributed by atoms with Gasteiger partial charge in [-0.3, -0.25) is 4.98 Å². The Labute approximate surface area is 127 Å². The van der Waals surface area contributed by atoms with Gasteiger partial charge in [-0.2, -0.15) is 5.10 Å².